The first-order valence-electron chi connectivity index (χ1n) is 6.51. The topological polar surface area (TPSA) is 56.1 Å². The molecule has 1 saturated heterocycles. The molecule has 0 spiro atoms. The van der Waals surface area contributed by atoms with E-state index in [0.717, 1.165) is 28.2 Å². The van der Waals surface area contributed by atoms with Crippen molar-refractivity contribution < 1.29 is 4.79 Å². The number of nitriles is 1. The van der Waals surface area contributed by atoms with Crippen LogP contribution in [-0.4, -0.2) is 37.2 Å². The lowest BCUT2D eigenvalue weighted by Crippen LogP contribution is -2.45. The van der Waals surface area contributed by atoms with Gasteiger partial charge in [0.2, 0.25) is 0 Å². The lowest BCUT2D eigenvalue weighted by molar-refractivity contribution is 0.264. The fourth-order valence-corrected chi connectivity index (χ4v) is 5.86. The number of carbonyl (C=O) groups is 1. The monoisotopic (exact) mass is 357 g/mol. The first-order valence-corrected chi connectivity index (χ1v) is 9.19. The predicted octanol–water partition coefficient (Wildman–Crippen LogP) is 3.29. The molecule has 0 aliphatic carbocycles. The van der Waals surface area contributed by atoms with Crippen molar-refractivity contribution in [3.8, 4) is 6.19 Å². The molecule has 2 aliphatic heterocycles. The highest BCUT2D eigenvalue weighted by Gasteiger charge is 2.39. The van der Waals surface area contributed by atoms with Crippen LogP contribution in [0.5, 0.6) is 0 Å². The van der Waals surface area contributed by atoms with Crippen LogP contribution in [0.4, 0.5) is 4.79 Å². The van der Waals surface area contributed by atoms with Crippen LogP contribution in [-0.2, 0) is 0 Å². The fourth-order valence-electron chi connectivity index (χ4n) is 2.39. The standard InChI is InChI=1S/C13H15N3OS4/c1-7(2)16-11(18)4-10-9(12(16)19)3-8(21-10)5-20-13(17)15-6-14/h4,7-9H,3,5H2,1-2H3,(H,15,17). The van der Waals surface area contributed by atoms with Crippen molar-refractivity contribution in [2.45, 2.75) is 31.6 Å². The minimum Gasteiger partial charge on any atom is -0.324 e. The van der Waals surface area contributed by atoms with Crippen molar-refractivity contribution in [3.05, 3.63) is 11.0 Å². The van der Waals surface area contributed by atoms with E-state index < -0.39 is 0 Å². The van der Waals surface area contributed by atoms with Crippen molar-refractivity contribution >= 4 is 63.2 Å². The van der Waals surface area contributed by atoms with Crippen molar-refractivity contribution in [1.29, 1.82) is 5.26 Å². The molecule has 2 aliphatic rings. The molecule has 0 radical (unpaired) electrons. The van der Waals surface area contributed by atoms with E-state index in [2.05, 4.69) is 19.2 Å². The number of nitrogens with zero attached hydrogens (tertiary/aromatic N) is 2. The summed E-state index contributed by atoms with van der Waals surface area (Å²) in [5.74, 6) is 0.909. The number of hydrogen-bond donors (Lipinski definition) is 1. The molecule has 2 unspecified atom stereocenters. The fraction of sp³-hybridized carbons (Fsp3) is 0.538. The molecule has 2 rings (SSSR count). The van der Waals surface area contributed by atoms with Crippen LogP contribution in [0.15, 0.2) is 11.0 Å². The number of fused-ring (bicyclic) bond motifs is 1. The first-order chi connectivity index (χ1) is 9.93. The highest BCUT2D eigenvalue weighted by atomic mass is 32.2. The Balaban J connectivity index is 2.00. The summed E-state index contributed by atoms with van der Waals surface area (Å²) in [7, 11) is 0. The maximum absolute atomic E-state index is 11.3. The zero-order valence-electron chi connectivity index (χ0n) is 11.7. The Bertz CT molecular complexity index is 552. The number of carbonyl (C=O) groups excluding carboxylic acids is 1. The highest BCUT2D eigenvalue weighted by molar-refractivity contribution is 8.14. The summed E-state index contributed by atoms with van der Waals surface area (Å²) in [5.41, 5.74) is 0. The summed E-state index contributed by atoms with van der Waals surface area (Å²) in [4.78, 5) is 16.3. The molecule has 0 aromatic rings. The van der Waals surface area contributed by atoms with E-state index >= 15 is 0 Å². The molecule has 2 heterocycles. The van der Waals surface area contributed by atoms with E-state index in [1.807, 2.05) is 11.0 Å². The van der Waals surface area contributed by atoms with Gasteiger partial charge in [0.15, 0.2) is 6.19 Å². The number of hydrogen-bond acceptors (Lipinski definition) is 6. The maximum Gasteiger partial charge on any atom is 0.292 e. The molecule has 4 nitrogen and oxygen atoms in total. The Kier molecular flexibility index (Phi) is 5.66. The van der Waals surface area contributed by atoms with E-state index in [1.54, 1.807) is 18.0 Å². The zero-order chi connectivity index (χ0) is 15.6. The molecule has 0 aromatic carbocycles. The number of amides is 1. The van der Waals surface area contributed by atoms with Crippen LogP contribution in [0.1, 0.15) is 20.3 Å². The van der Waals surface area contributed by atoms with Gasteiger partial charge in [-0.05, 0) is 31.2 Å². The second kappa shape index (κ2) is 7.09. The van der Waals surface area contributed by atoms with Crippen LogP contribution in [0.2, 0.25) is 0 Å². The third kappa shape index (κ3) is 3.77. The zero-order valence-corrected chi connectivity index (χ0v) is 14.9. The van der Waals surface area contributed by atoms with Gasteiger partial charge in [-0.25, -0.2) is 0 Å². The van der Waals surface area contributed by atoms with E-state index in [-0.39, 0.29) is 17.2 Å². The Hall–Kier alpha value is -0.620. The van der Waals surface area contributed by atoms with Gasteiger partial charge in [0.1, 0.15) is 4.99 Å². The Morgan fingerprint density at radius 2 is 2.38 bits per heavy atom. The molecule has 0 bridgehead atoms. The van der Waals surface area contributed by atoms with Crippen LogP contribution in [0.3, 0.4) is 0 Å². The molecule has 112 valence electrons. The SMILES string of the molecule is CC(C)N1C(=S)C=C2SC(CSC(=O)NC#N)CC2C1=S. The van der Waals surface area contributed by atoms with Gasteiger partial charge >= 0.3 is 0 Å². The van der Waals surface area contributed by atoms with E-state index in [9.17, 15) is 4.79 Å². The smallest absolute Gasteiger partial charge is 0.292 e. The molecule has 1 N–H and O–H groups in total. The van der Waals surface area contributed by atoms with Crippen molar-refractivity contribution in [2.75, 3.05) is 5.75 Å². The van der Waals surface area contributed by atoms with Crippen LogP contribution >= 0.6 is 48.0 Å². The van der Waals surface area contributed by atoms with E-state index in [4.69, 9.17) is 29.7 Å². The van der Waals surface area contributed by atoms with E-state index in [0.29, 0.717) is 11.0 Å². The summed E-state index contributed by atoms with van der Waals surface area (Å²) in [6.45, 7) is 4.16. The highest BCUT2D eigenvalue weighted by Crippen LogP contribution is 2.46. The number of nitrogens with one attached hydrogen (secondary N) is 1. The summed E-state index contributed by atoms with van der Waals surface area (Å²) < 4.78 is 0. The molecule has 1 fully saturated rings. The Labute approximate surface area is 143 Å². The van der Waals surface area contributed by atoms with Crippen LogP contribution in [0.25, 0.3) is 0 Å². The third-order valence-corrected chi connectivity index (χ3v) is 6.57. The second-order valence-electron chi connectivity index (χ2n) is 5.05. The van der Waals surface area contributed by atoms with Gasteiger partial charge in [-0.1, -0.05) is 36.2 Å². The average Bonchev–Trinajstić information content (AvgIpc) is 2.79. The molecule has 1 amide bonds. The number of thioether (sulfide) groups is 2. The van der Waals surface area contributed by atoms with Crippen molar-refractivity contribution in [2.24, 2.45) is 5.92 Å². The van der Waals surface area contributed by atoms with Gasteiger partial charge in [0.05, 0.1) is 4.99 Å². The predicted molar refractivity (Wildman–Crippen MR) is 96.3 cm³/mol. The van der Waals surface area contributed by atoms with Crippen LogP contribution < -0.4 is 5.32 Å². The molecule has 21 heavy (non-hydrogen) atoms. The van der Waals surface area contributed by atoms with Gasteiger partial charge in [-0.3, -0.25) is 10.1 Å². The molecule has 8 heteroatoms. The third-order valence-electron chi connectivity index (χ3n) is 3.26. The summed E-state index contributed by atoms with van der Waals surface area (Å²) in [6.07, 6.45) is 4.61. The Morgan fingerprint density at radius 1 is 1.67 bits per heavy atom. The largest absolute Gasteiger partial charge is 0.324 e. The number of thiocarbonyl (C=S) groups is 2. The molecular formula is C13H15N3OS4. The van der Waals surface area contributed by atoms with Crippen molar-refractivity contribution in [1.82, 2.24) is 10.2 Å². The minimum atomic E-state index is -0.302. The summed E-state index contributed by atoms with van der Waals surface area (Å²) >= 11 is 13.9. The molecule has 0 saturated carbocycles. The minimum absolute atomic E-state index is 0.240. The maximum atomic E-state index is 11.3. The summed E-state index contributed by atoms with van der Waals surface area (Å²) in [5, 5.41) is 10.5. The van der Waals surface area contributed by atoms with Crippen LogP contribution in [0, 0.1) is 17.4 Å². The van der Waals surface area contributed by atoms with Gasteiger partial charge in [0.25, 0.3) is 5.24 Å². The van der Waals surface area contributed by atoms with Crippen molar-refractivity contribution in [3.63, 3.8) is 0 Å². The quantitative estimate of drug-likeness (QED) is 0.472. The molecule has 2 atom stereocenters. The van der Waals surface area contributed by atoms with Gasteiger partial charge in [0, 0.05) is 23.0 Å². The molecular weight excluding hydrogens is 342 g/mol. The summed E-state index contributed by atoms with van der Waals surface area (Å²) in [6, 6.07) is 0.266. The average molecular weight is 358 g/mol. The van der Waals surface area contributed by atoms with E-state index in [1.165, 1.54) is 4.91 Å². The van der Waals surface area contributed by atoms with Gasteiger partial charge in [-0.15, -0.1) is 11.8 Å². The lowest BCUT2D eigenvalue weighted by Gasteiger charge is -2.35. The first kappa shape index (κ1) is 16.7. The molecule has 0 aromatic heterocycles. The van der Waals surface area contributed by atoms with Gasteiger partial charge < -0.3 is 4.90 Å². The second-order valence-corrected chi connectivity index (χ2v) is 8.25. The lowest BCUT2D eigenvalue weighted by atomic mass is 9.98. The van der Waals surface area contributed by atoms with Gasteiger partial charge in [-0.2, -0.15) is 5.26 Å². The normalized spacial score (nSPS) is 24.7. The Morgan fingerprint density at radius 3 is 3.00 bits per heavy atom. The number of rotatable bonds is 3.